The standard InChI is InChI=1S/C32H29BN4O5S/c1-36(2)21-8-11-24-28(15-21)42-29-16-22(37(3)4)9-12-25(29)30(24)23-10-7-19(13-26(23)31(38)39)34-32(43)35-20-6-5-18-17-41-33(40)27(18)14-20/h5-16,40H,17H2,1-4H3,(H,35,43)(H,38,39)/b34-19+. The van der Waals surface area contributed by atoms with Gasteiger partial charge in [-0.3, -0.25) is 0 Å². The molecule has 216 valence electrons. The van der Waals surface area contributed by atoms with Crippen molar-refractivity contribution in [3.8, 4) is 11.5 Å². The van der Waals surface area contributed by atoms with Crippen LogP contribution >= 0.6 is 12.2 Å². The molecule has 0 saturated carbocycles. The zero-order valence-corrected chi connectivity index (χ0v) is 24.9. The summed E-state index contributed by atoms with van der Waals surface area (Å²) < 4.78 is 11.6. The maximum Gasteiger partial charge on any atom is 0.491 e. The lowest BCUT2D eigenvalue weighted by molar-refractivity contribution is -0.132. The average molecular weight is 592 g/mol. The van der Waals surface area contributed by atoms with Crippen LogP contribution < -0.4 is 25.3 Å². The predicted octanol–water partition coefficient (Wildman–Crippen LogP) is 4.36. The molecule has 3 aliphatic rings. The van der Waals surface area contributed by atoms with E-state index in [4.69, 9.17) is 21.6 Å². The van der Waals surface area contributed by atoms with Crippen LogP contribution in [0.4, 0.5) is 17.1 Å². The van der Waals surface area contributed by atoms with Gasteiger partial charge in [0.25, 0.3) is 0 Å². The highest BCUT2D eigenvalue weighted by atomic mass is 32.1. The van der Waals surface area contributed by atoms with Gasteiger partial charge in [-0.1, -0.05) is 12.1 Å². The van der Waals surface area contributed by atoms with E-state index in [0.717, 1.165) is 33.6 Å². The van der Waals surface area contributed by atoms with Crippen molar-refractivity contribution >= 4 is 64.2 Å². The molecule has 0 atom stereocenters. The van der Waals surface area contributed by atoms with Gasteiger partial charge in [-0.2, -0.15) is 0 Å². The van der Waals surface area contributed by atoms with E-state index in [0.29, 0.717) is 40.5 Å². The number of anilines is 3. The molecule has 1 aliphatic carbocycles. The van der Waals surface area contributed by atoms with Crippen molar-refractivity contribution in [1.82, 2.24) is 0 Å². The summed E-state index contributed by atoms with van der Waals surface area (Å²) in [6.45, 7) is 0.351. The highest BCUT2D eigenvalue weighted by Gasteiger charge is 2.30. The first-order chi connectivity index (χ1) is 20.6. The van der Waals surface area contributed by atoms with Crippen LogP contribution in [0.5, 0.6) is 11.5 Å². The van der Waals surface area contributed by atoms with E-state index >= 15 is 0 Å². The number of carboxylic acids is 1. The third kappa shape index (κ3) is 5.45. The monoisotopic (exact) mass is 592 g/mol. The lowest BCUT2D eigenvalue weighted by Crippen LogP contribution is -2.28. The van der Waals surface area contributed by atoms with Gasteiger partial charge in [0.1, 0.15) is 11.5 Å². The number of fused-ring (bicyclic) bond motifs is 3. The molecular weight excluding hydrogens is 563 g/mol. The number of thiocarbonyl (C=S) groups is 1. The molecule has 0 fully saturated rings. The number of benzene rings is 3. The summed E-state index contributed by atoms with van der Waals surface area (Å²) in [6, 6.07) is 17.3. The summed E-state index contributed by atoms with van der Waals surface area (Å²) in [5.74, 6) is 0.199. The van der Waals surface area contributed by atoms with E-state index in [1.54, 1.807) is 18.2 Å². The van der Waals surface area contributed by atoms with Crippen LogP contribution in [0.3, 0.4) is 0 Å². The molecular formula is C32H29BN4O5S. The number of aliphatic imine (C=N–C) groups is 1. The number of carbonyl (C=O) groups is 1. The fourth-order valence-electron chi connectivity index (χ4n) is 5.27. The van der Waals surface area contributed by atoms with E-state index < -0.39 is 13.1 Å². The molecule has 43 heavy (non-hydrogen) atoms. The zero-order valence-electron chi connectivity index (χ0n) is 24.1. The normalized spacial score (nSPS) is 15.8. The minimum atomic E-state index is -1.09. The summed E-state index contributed by atoms with van der Waals surface area (Å²) in [4.78, 5) is 21.1. The second-order valence-electron chi connectivity index (χ2n) is 10.8. The minimum Gasteiger partial charge on any atom is -0.478 e. The van der Waals surface area contributed by atoms with Gasteiger partial charge in [-0.25, -0.2) is 9.79 Å². The lowest BCUT2D eigenvalue weighted by atomic mass is 9.79. The van der Waals surface area contributed by atoms with E-state index in [1.165, 1.54) is 6.08 Å². The van der Waals surface area contributed by atoms with Crippen LogP contribution in [0.15, 0.2) is 89.0 Å². The largest absolute Gasteiger partial charge is 0.491 e. The quantitative estimate of drug-likeness (QED) is 0.235. The van der Waals surface area contributed by atoms with Crippen molar-refractivity contribution in [3.63, 3.8) is 0 Å². The number of hydrogen-bond acceptors (Lipinski definition) is 7. The first-order valence-electron chi connectivity index (χ1n) is 13.6. The Morgan fingerprint density at radius 1 is 0.953 bits per heavy atom. The summed E-state index contributed by atoms with van der Waals surface area (Å²) in [5, 5.41) is 23.6. The number of allylic oxidation sites excluding steroid dienone is 3. The Hall–Kier alpha value is -4.71. The van der Waals surface area contributed by atoms with Crippen LogP contribution in [-0.4, -0.2) is 62.2 Å². The van der Waals surface area contributed by atoms with Crippen molar-refractivity contribution in [2.45, 2.75) is 6.61 Å². The molecule has 2 heterocycles. The minimum absolute atomic E-state index is 0.0871. The molecule has 3 N–H and O–H groups in total. The molecule has 0 unspecified atom stereocenters. The number of nitrogens with one attached hydrogen (secondary N) is 1. The number of aliphatic carboxylic acids is 1. The topological polar surface area (TPSA) is 107 Å². The highest BCUT2D eigenvalue weighted by Crippen LogP contribution is 2.48. The van der Waals surface area contributed by atoms with Gasteiger partial charge in [0.2, 0.25) is 0 Å². The van der Waals surface area contributed by atoms with Gasteiger partial charge in [0, 0.05) is 74.1 Å². The van der Waals surface area contributed by atoms with Crippen LogP contribution in [0.25, 0.3) is 5.57 Å². The fraction of sp³-hybridized carbons (Fsp3) is 0.156. The lowest BCUT2D eigenvalue weighted by Gasteiger charge is -2.28. The summed E-state index contributed by atoms with van der Waals surface area (Å²) in [5.41, 5.74) is 7.52. The molecule has 6 rings (SSSR count). The Labute approximate surface area is 255 Å². The van der Waals surface area contributed by atoms with Crippen molar-refractivity contribution < 1.29 is 24.3 Å². The van der Waals surface area contributed by atoms with Gasteiger partial charge in [0.15, 0.2) is 5.11 Å². The van der Waals surface area contributed by atoms with E-state index in [-0.39, 0.29) is 10.7 Å². The summed E-state index contributed by atoms with van der Waals surface area (Å²) in [6.07, 6.45) is 5.04. The highest BCUT2D eigenvalue weighted by molar-refractivity contribution is 7.80. The van der Waals surface area contributed by atoms with Crippen molar-refractivity contribution in [1.29, 1.82) is 0 Å². The van der Waals surface area contributed by atoms with E-state index in [9.17, 15) is 14.9 Å². The van der Waals surface area contributed by atoms with E-state index in [2.05, 4.69) is 10.3 Å². The Bertz CT molecular complexity index is 1750. The van der Waals surface area contributed by atoms with Gasteiger partial charge < -0.3 is 34.6 Å². The molecule has 9 nitrogen and oxygen atoms in total. The number of carboxylic acid groups (broad SMARTS) is 1. The summed E-state index contributed by atoms with van der Waals surface area (Å²) in [7, 11) is 6.85. The molecule has 3 aromatic rings. The van der Waals surface area contributed by atoms with Crippen LogP contribution in [0, 0.1) is 0 Å². The second-order valence-corrected chi connectivity index (χ2v) is 11.2. The number of hydrogen-bond donors (Lipinski definition) is 3. The van der Waals surface area contributed by atoms with Crippen LogP contribution in [0.2, 0.25) is 0 Å². The van der Waals surface area contributed by atoms with Crippen LogP contribution in [-0.2, 0) is 16.1 Å². The SMILES string of the molecule is CN(C)c1ccc2c(c1)Oc1cc(N(C)C)ccc1C2=C1C=C/C(=N\C(=S)Nc2ccc3c(c2)B(O)OC3)C=C1C(=O)O. The van der Waals surface area contributed by atoms with Crippen molar-refractivity contribution in [2.24, 2.45) is 4.99 Å². The van der Waals surface area contributed by atoms with Gasteiger partial charge in [0.05, 0.1) is 17.9 Å². The Kier molecular flexibility index (Phi) is 7.39. The molecule has 0 saturated heterocycles. The van der Waals surface area contributed by atoms with Crippen molar-refractivity contribution in [2.75, 3.05) is 43.3 Å². The van der Waals surface area contributed by atoms with Gasteiger partial charge >= 0.3 is 13.1 Å². The predicted molar refractivity (Wildman–Crippen MR) is 175 cm³/mol. The third-order valence-corrected chi connectivity index (χ3v) is 7.71. The molecule has 0 aromatic heterocycles. The Morgan fingerprint density at radius 3 is 2.21 bits per heavy atom. The smallest absolute Gasteiger partial charge is 0.478 e. The average Bonchev–Trinajstić information content (AvgIpc) is 3.34. The van der Waals surface area contributed by atoms with E-state index in [1.807, 2.05) is 86.5 Å². The first kappa shape index (κ1) is 28.4. The van der Waals surface area contributed by atoms with Crippen LogP contribution in [0.1, 0.15) is 16.7 Å². The molecule has 0 spiro atoms. The molecule has 2 aliphatic heterocycles. The van der Waals surface area contributed by atoms with Crippen molar-refractivity contribution in [3.05, 3.63) is 101 Å². The Morgan fingerprint density at radius 2 is 1.60 bits per heavy atom. The Balaban J connectivity index is 1.40. The fourth-order valence-corrected chi connectivity index (χ4v) is 5.50. The molecule has 0 radical (unpaired) electrons. The maximum atomic E-state index is 12.7. The number of ether oxygens (including phenoxy) is 1. The molecule has 0 amide bonds. The zero-order chi connectivity index (χ0) is 30.4. The molecule has 0 bridgehead atoms. The number of rotatable bonds is 4. The van der Waals surface area contributed by atoms with Gasteiger partial charge in [-0.05, 0) is 77.4 Å². The molecule has 11 heteroatoms. The summed E-state index contributed by atoms with van der Waals surface area (Å²) >= 11 is 5.46. The number of nitrogens with zero attached hydrogens (tertiary/aromatic N) is 3. The first-order valence-corrected chi connectivity index (χ1v) is 14.0. The second kappa shape index (κ2) is 11.2. The third-order valence-electron chi connectivity index (χ3n) is 7.52. The van der Waals surface area contributed by atoms with Gasteiger partial charge in [-0.15, -0.1) is 0 Å². The molecule has 3 aromatic carbocycles. The maximum absolute atomic E-state index is 12.7.